The third-order valence-corrected chi connectivity index (χ3v) is 5.14. The van der Waals surface area contributed by atoms with Crippen LogP contribution in [0.4, 0.5) is 0 Å². The Labute approximate surface area is 166 Å². The fraction of sp³-hybridized carbons (Fsp3) is 0.182. The second-order valence-corrected chi connectivity index (χ2v) is 6.82. The standard InChI is InChI=1S/C22H18N2O5/c1-3-12-5-4-6-14-17(10-23-19(12)14)18(25)11-29-22(28)13-7-8-15-16(9-13)21(27)24(2)20(15)26/h4-10,23H,3,11H2,1-2H3. The van der Waals surface area contributed by atoms with Crippen LogP contribution in [0.5, 0.6) is 0 Å². The van der Waals surface area contributed by atoms with Crippen LogP contribution in [0, 0.1) is 0 Å². The van der Waals surface area contributed by atoms with Gasteiger partial charge in [0.2, 0.25) is 5.78 Å². The minimum Gasteiger partial charge on any atom is -0.454 e. The Kier molecular flexibility index (Phi) is 4.50. The molecule has 0 spiro atoms. The van der Waals surface area contributed by atoms with Crippen LogP contribution in [-0.4, -0.2) is 47.1 Å². The van der Waals surface area contributed by atoms with E-state index in [1.807, 2.05) is 25.1 Å². The predicted molar refractivity (Wildman–Crippen MR) is 105 cm³/mol. The van der Waals surface area contributed by atoms with Crippen molar-refractivity contribution >= 4 is 34.5 Å². The number of carbonyl (C=O) groups excluding carboxylic acids is 4. The maximum absolute atomic E-state index is 12.6. The van der Waals surface area contributed by atoms with E-state index in [2.05, 4.69) is 4.98 Å². The highest BCUT2D eigenvalue weighted by Crippen LogP contribution is 2.24. The Morgan fingerprint density at radius 1 is 1.07 bits per heavy atom. The van der Waals surface area contributed by atoms with E-state index >= 15 is 0 Å². The zero-order chi connectivity index (χ0) is 20.7. The predicted octanol–water partition coefficient (Wildman–Crippen LogP) is 3.00. The topological polar surface area (TPSA) is 96.5 Å². The summed E-state index contributed by atoms with van der Waals surface area (Å²) in [4.78, 5) is 53.0. The van der Waals surface area contributed by atoms with E-state index in [1.165, 1.54) is 25.2 Å². The van der Waals surface area contributed by atoms with Crippen molar-refractivity contribution in [2.75, 3.05) is 13.7 Å². The number of amides is 2. The molecule has 2 amide bonds. The van der Waals surface area contributed by atoms with E-state index in [1.54, 1.807) is 6.20 Å². The van der Waals surface area contributed by atoms with Gasteiger partial charge in [-0.05, 0) is 30.2 Å². The number of benzene rings is 2. The van der Waals surface area contributed by atoms with Crippen LogP contribution in [0.15, 0.2) is 42.6 Å². The molecule has 0 atom stereocenters. The number of imide groups is 1. The molecule has 2 aromatic carbocycles. The molecule has 4 rings (SSSR count). The first-order chi connectivity index (χ1) is 13.9. The Bertz CT molecular complexity index is 1190. The van der Waals surface area contributed by atoms with E-state index < -0.39 is 24.4 Å². The summed E-state index contributed by atoms with van der Waals surface area (Å²) in [6, 6.07) is 9.88. The van der Waals surface area contributed by atoms with Gasteiger partial charge in [-0.15, -0.1) is 0 Å². The lowest BCUT2D eigenvalue weighted by Gasteiger charge is -2.05. The minimum atomic E-state index is -0.731. The molecular weight excluding hydrogens is 372 g/mol. The van der Waals surface area contributed by atoms with E-state index in [9.17, 15) is 19.2 Å². The molecule has 146 valence electrons. The number of carbonyl (C=O) groups is 4. The normalized spacial score (nSPS) is 13.1. The number of ether oxygens (including phenoxy) is 1. The van der Waals surface area contributed by atoms with Gasteiger partial charge in [0, 0.05) is 29.7 Å². The summed E-state index contributed by atoms with van der Waals surface area (Å²) in [5.41, 5.74) is 2.97. The zero-order valence-corrected chi connectivity index (χ0v) is 15.9. The lowest BCUT2D eigenvalue weighted by molar-refractivity contribution is 0.0475. The van der Waals surface area contributed by atoms with Crippen LogP contribution in [0.3, 0.4) is 0 Å². The molecule has 0 unspecified atom stereocenters. The number of aryl methyl sites for hydroxylation is 1. The number of nitrogens with zero attached hydrogens (tertiary/aromatic N) is 1. The van der Waals surface area contributed by atoms with Gasteiger partial charge >= 0.3 is 5.97 Å². The molecule has 0 aliphatic carbocycles. The summed E-state index contributed by atoms with van der Waals surface area (Å²) in [6.07, 6.45) is 2.45. The number of nitrogens with one attached hydrogen (secondary N) is 1. The second-order valence-electron chi connectivity index (χ2n) is 6.82. The van der Waals surface area contributed by atoms with Crippen LogP contribution < -0.4 is 0 Å². The molecule has 1 N–H and O–H groups in total. The number of esters is 1. The van der Waals surface area contributed by atoms with Gasteiger partial charge in [-0.2, -0.15) is 0 Å². The van der Waals surface area contributed by atoms with Gasteiger partial charge in [0.1, 0.15) is 0 Å². The summed E-state index contributed by atoms with van der Waals surface area (Å²) in [7, 11) is 1.38. The van der Waals surface area contributed by atoms with E-state index in [-0.39, 0.29) is 22.5 Å². The number of aromatic nitrogens is 1. The molecule has 2 heterocycles. The first-order valence-electron chi connectivity index (χ1n) is 9.18. The molecule has 7 nitrogen and oxygen atoms in total. The smallest absolute Gasteiger partial charge is 0.338 e. The van der Waals surface area contributed by atoms with E-state index in [0.29, 0.717) is 5.56 Å². The molecule has 0 radical (unpaired) electrons. The third-order valence-electron chi connectivity index (χ3n) is 5.14. The highest BCUT2D eigenvalue weighted by molar-refractivity contribution is 6.21. The average molecular weight is 390 g/mol. The maximum Gasteiger partial charge on any atom is 0.338 e. The molecule has 1 aliphatic heterocycles. The van der Waals surface area contributed by atoms with Gasteiger partial charge < -0.3 is 9.72 Å². The lowest BCUT2D eigenvalue weighted by Crippen LogP contribution is -2.24. The van der Waals surface area contributed by atoms with Crippen molar-refractivity contribution in [2.45, 2.75) is 13.3 Å². The summed E-state index contributed by atoms with van der Waals surface area (Å²) in [5, 5.41) is 0.787. The molecule has 0 fully saturated rings. The molecule has 0 saturated heterocycles. The van der Waals surface area contributed by atoms with Crippen molar-refractivity contribution in [3.63, 3.8) is 0 Å². The summed E-state index contributed by atoms with van der Waals surface area (Å²) < 4.78 is 5.16. The van der Waals surface area contributed by atoms with E-state index in [0.717, 1.165) is 27.8 Å². The minimum absolute atomic E-state index is 0.111. The molecule has 0 saturated carbocycles. The summed E-state index contributed by atoms with van der Waals surface area (Å²) in [5.74, 6) is -1.94. The summed E-state index contributed by atoms with van der Waals surface area (Å²) in [6.45, 7) is 1.61. The molecule has 1 aliphatic rings. The Balaban J connectivity index is 1.50. The van der Waals surface area contributed by atoms with Gasteiger partial charge in [0.15, 0.2) is 6.61 Å². The lowest BCUT2D eigenvalue weighted by atomic mass is 10.0. The first kappa shape index (κ1) is 18.6. The first-order valence-corrected chi connectivity index (χ1v) is 9.18. The van der Waals surface area contributed by atoms with Crippen molar-refractivity contribution < 1.29 is 23.9 Å². The highest BCUT2D eigenvalue weighted by Gasteiger charge is 2.33. The van der Waals surface area contributed by atoms with Crippen molar-refractivity contribution in [3.8, 4) is 0 Å². The number of ketones is 1. The van der Waals surface area contributed by atoms with Gasteiger partial charge in [0.05, 0.1) is 16.7 Å². The molecule has 0 bridgehead atoms. The van der Waals surface area contributed by atoms with Crippen LogP contribution in [-0.2, 0) is 11.2 Å². The van der Waals surface area contributed by atoms with Crippen LogP contribution >= 0.6 is 0 Å². The van der Waals surface area contributed by atoms with Crippen LogP contribution in [0.25, 0.3) is 10.9 Å². The van der Waals surface area contributed by atoms with Gasteiger partial charge in [0.25, 0.3) is 11.8 Å². The number of aromatic amines is 1. The second kappa shape index (κ2) is 7.01. The third kappa shape index (κ3) is 3.00. The number of rotatable bonds is 5. The van der Waals surface area contributed by atoms with Crippen molar-refractivity contribution in [1.82, 2.24) is 9.88 Å². The maximum atomic E-state index is 12.6. The number of Topliss-reactive ketones (excluding diaryl/α,β-unsaturated/α-hetero) is 1. The van der Waals surface area contributed by atoms with E-state index in [4.69, 9.17) is 4.74 Å². The van der Waals surface area contributed by atoms with Crippen LogP contribution in [0.1, 0.15) is 53.9 Å². The quantitative estimate of drug-likeness (QED) is 0.410. The summed E-state index contributed by atoms with van der Waals surface area (Å²) >= 11 is 0. The van der Waals surface area contributed by atoms with Crippen molar-refractivity contribution in [2.24, 2.45) is 0 Å². The molecule has 3 aromatic rings. The average Bonchev–Trinajstić information content (AvgIpc) is 3.27. The molecule has 29 heavy (non-hydrogen) atoms. The number of H-pyrrole nitrogens is 1. The number of hydrogen-bond donors (Lipinski definition) is 1. The SMILES string of the molecule is CCc1cccc2c(C(=O)COC(=O)c3ccc4c(c3)C(=O)N(C)C4=O)c[nH]c12. The molecule has 7 heteroatoms. The fourth-order valence-electron chi connectivity index (χ4n) is 3.52. The van der Waals surface area contributed by atoms with Gasteiger partial charge in [-0.3, -0.25) is 19.3 Å². The Morgan fingerprint density at radius 2 is 1.83 bits per heavy atom. The van der Waals surface area contributed by atoms with Gasteiger partial charge in [-0.25, -0.2) is 4.79 Å². The monoisotopic (exact) mass is 390 g/mol. The Morgan fingerprint density at radius 3 is 2.59 bits per heavy atom. The van der Waals surface area contributed by atoms with Crippen molar-refractivity contribution in [3.05, 3.63) is 70.4 Å². The number of hydrogen-bond acceptors (Lipinski definition) is 5. The number of fused-ring (bicyclic) bond motifs is 2. The van der Waals surface area contributed by atoms with Gasteiger partial charge in [-0.1, -0.05) is 25.1 Å². The van der Waals surface area contributed by atoms with Crippen molar-refractivity contribution in [1.29, 1.82) is 0 Å². The Hall–Kier alpha value is -3.74. The zero-order valence-electron chi connectivity index (χ0n) is 15.9. The largest absolute Gasteiger partial charge is 0.454 e. The van der Waals surface area contributed by atoms with Crippen LogP contribution in [0.2, 0.25) is 0 Å². The molecule has 1 aromatic heterocycles. The highest BCUT2D eigenvalue weighted by atomic mass is 16.5. The molecular formula is C22H18N2O5. The fourth-order valence-corrected chi connectivity index (χ4v) is 3.52. The number of para-hydroxylation sites is 1.